The van der Waals surface area contributed by atoms with E-state index in [9.17, 15) is 0 Å². The molecule has 1 aliphatic carbocycles. The van der Waals surface area contributed by atoms with Gasteiger partial charge in [-0.3, -0.25) is 0 Å². The highest BCUT2D eigenvalue weighted by molar-refractivity contribution is 7.26. The summed E-state index contributed by atoms with van der Waals surface area (Å²) in [6.45, 7) is 14.5. The third-order valence-corrected chi connectivity index (χ3v) is 18.9. The van der Waals surface area contributed by atoms with Crippen molar-refractivity contribution in [3.05, 3.63) is 174 Å². The first kappa shape index (κ1) is 39.8. The Hall–Kier alpha value is -6.34. The number of hydrogen-bond donors (Lipinski definition) is 0. The van der Waals surface area contributed by atoms with Crippen LogP contribution in [0, 0.1) is 6.92 Å². The molecule has 4 aliphatic rings. The number of hydrogen-bond acceptors (Lipinski definition) is 5. The molecule has 67 heavy (non-hydrogen) atoms. The van der Waals surface area contributed by atoms with Crippen molar-refractivity contribution in [2.75, 3.05) is 14.7 Å². The molecule has 0 radical (unpaired) electrons. The summed E-state index contributed by atoms with van der Waals surface area (Å²) in [6.07, 6.45) is 4.90. The van der Waals surface area contributed by atoms with E-state index in [-0.39, 0.29) is 23.1 Å². The van der Waals surface area contributed by atoms with Crippen molar-refractivity contribution < 1.29 is 0 Å². The number of rotatable bonds is 3. The zero-order valence-corrected chi connectivity index (χ0v) is 40.7. The van der Waals surface area contributed by atoms with Crippen LogP contribution in [0.1, 0.15) is 77.0 Å². The highest BCUT2D eigenvalue weighted by Gasteiger charge is 2.58. The fourth-order valence-electron chi connectivity index (χ4n) is 13.1. The zero-order chi connectivity index (χ0) is 45.1. The van der Waals surface area contributed by atoms with Gasteiger partial charge >= 0.3 is 0 Å². The topological polar surface area (TPSA) is 9.72 Å². The third-order valence-electron chi connectivity index (χ3n) is 16.6. The Morgan fingerprint density at radius 3 is 1.94 bits per heavy atom. The standard InChI is InChI=1S/C61H52BN3S2/c1-37-32-52-57-53(33-37)64(49-21-15-18-43-41-16-7-12-23-55(41)67-58(43)49)51-36-40(65-48-20-10-9-19-45(48)60(5)30-13-14-31-61(60,65)6)25-28-47(51)62(57)46-27-24-38(59(2,3)4)34-50(46)63(52)39-26-29-56-44(35-39)42-17-8-11-22-54(42)66-56/h7-12,15-29,32-36H,13-14,30-31H2,1-6H3. The number of para-hydroxylation sites is 1. The summed E-state index contributed by atoms with van der Waals surface area (Å²) in [5.74, 6) is 0. The van der Waals surface area contributed by atoms with Crippen molar-refractivity contribution in [2.24, 2.45) is 0 Å². The molecule has 0 amide bonds. The Morgan fingerprint density at radius 2 is 1.13 bits per heavy atom. The van der Waals surface area contributed by atoms with Gasteiger partial charge < -0.3 is 14.7 Å². The Balaban J connectivity index is 1.07. The van der Waals surface area contributed by atoms with Crippen LogP contribution in [0.3, 0.4) is 0 Å². The van der Waals surface area contributed by atoms with E-state index in [0.29, 0.717) is 0 Å². The summed E-state index contributed by atoms with van der Waals surface area (Å²) in [5.41, 5.74) is 18.3. The lowest BCUT2D eigenvalue weighted by Gasteiger charge is -2.50. The van der Waals surface area contributed by atoms with Crippen LogP contribution in [0.5, 0.6) is 0 Å². The predicted octanol–water partition coefficient (Wildman–Crippen LogP) is 15.9. The van der Waals surface area contributed by atoms with Crippen LogP contribution < -0.4 is 31.1 Å². The highest BCUT2D eigenvalue weighted by atomic mass is 32.1. The summed E-state index contributed by atoms with van der Waals surface area (Å²) in [7, 11) is 0. The normalized spacial score (nSPS) is 19.6. The van der Waals surface area contributed by atoms with Crippen LogP contribution in [0.15, 0.2) is 158 Å². The van der Waals surface area contributed by atoms with E-state index in [1.807, 2.05) is 22.7 Å². The van der Waals surface area contributed by atoms with Crippen molar-refractivity contribution in [3.8, 4) is 0 Å². The maximum absolute atomic E-state index is 2.76. The molecule has 3 aliphatic heterocycles. The second kappa shape index (κ2) is 13.9. The SMILES string of the molecule is Cc1cc2c3c(c1)N(c1cccc4c1sc1ccccc14)c1cc(N4c5ccccc5C5(C)CCCCC45C)ccc1B3c1ccc(C(C)(C)C)cc1N2c1ccc2sc3ccccc3c2c1. The summed E-state index contributed by atoms with van der Waals surface area (Å²) >= 11 is 3.81. The molecule has 0 spiro atoms. The molecule has 10 aromatic rings. The van der Waals surface area contributed by atoms with E-state index >= 15 is 0 Å². The average molecular weight is 902 g/mol. The van der Waals surface area contributed by atoms with Gasteiger partial charge in [-0.05, 0) is 138 Å². The molecular weight excluding hydrogens is 850 g/mol. The Morgan fingerprint density at radius 1 is 0.507 bits per heavy atom. The quantitative estimate of drug-likeness (QED) is 0.164. The molecule has 2 atom stereocenters. The minimum atomic E-state index is -0.0496. The second-order valence-electron chi connectivity index (χ2n) is 21.3. The molecule has 6 heteroatoms. The lowest BCUT2D eigenvalue weighted by molar-refractivity contribution is 0.195. The number of aryl methyl sites for hydroxylation is 1. The predicted molar refractivity (Wildman–Crippen MR) is 292 cm³/mol. The number of anilines is 8. The Bertz CT molecular complexity index is 3740. The van der Waals surface area contributed by atoms with Crippen molar-refractivity contribution in [2.45, 2.75) is 83.6 Å². The molecule has 8 aromatic carbocycles. The van der Waals surface area contributed by atoms with Crippen molar-refractivity contribution in [1.82, 2.24) is 0 Å². The minimum absolute atomic E-state index is 0.0267. The molecular formula is C61H52BN3S2. The summed E-state index contributed by atoms with van der Waals surface area (Å²) in [6, 6.07) is 61.3. The average Bonchev–Trinajstić information content (AvgIpc) is 3.97. The van der Waals surface area contributed by atoms with Crippen LogP contribution in [0.2, 0.25) is 0 Å². The van der Waals surface area contributed by atoms with Gasteiger partial charge in [-0.2, -0.15) is 0 Å². The first-order valence-electron chi connectivity index (χ1n) is 24.2. The van der Waals surface area contributed by atoms with E-state index in [1.54, 1.807) is 0 Å². The van der Waals surface area contributed by atoms with Gasteiger partial charge in [0.1, 0.15) is 0 Å². The van der Waals surface area contributed by atoms with Gasteiger partial charge in [0.05, 0.1) is 15.9 Å². The fraction of sp³-hybridized carbons (Fsp3) is 0.213. The van der Waals surface area contributed by atoms with Crippen molar-refractivity contribution in [1.29, 1.82) is 0 Å². The van der Waals surface area contributed by atoms with Crippen LogP contribution in [0.25, 0.3) is 40.3 Å². The Kier molecular flexibility index (Phi) is 8.24. The third kappa shape index (κ3) is 5.40. The lowest BCUT2D eigenvalue weighted by Crippen LogP contribution is -2.61. The number of nitrogens with zero attached hydrogens (tertiary/aromatic N) is 3. The molecule has 5 heterocycles. The van der Waals surface area contributed by atoms with E-state index in [4.69, 9.17) is 0 Å². The van der Waals surface area contributed by atoms with E-state index in [2.05, 4.69) is 214 Å². The molecule has 0 bridgehead atoms. The van der Waals surface area contributed by atoms with Crippen LogP contribution in [0.4, 0.5) is 45.5 Å². The number of fused-ring (bicyclic) bond motifs is 13. The minimum Gasteiger partial charge on any atom is -0.334 e. The first-order valence-corrected chi connectivity index (χ1v) is 25.9. The molecule has 3 nitrogen and oxygen atoms in total. The maximum Gasteiger partial charge on any atom is 0.252 e. The van der Waals surface area contributed by atoms with Gasteiger partial charge in [-0.15, -0.1) is 22.7 Å². The lowest BCUT2D eigenvalue weighted by atomic mass is 9.33. The monoisotopic (exact) mass is 901 g/mol. The van der Waals surface area contributed by atoms with E-state index in [1.165, 1.54) is 145 Å². The highest BCUT2D eigenvalue weighted by Crippen LogP contribution is 2.61. The Labute approximate surface area is 402 Å². The zero-order valence-electron chi connectivity index (χ0n) is 39.1. The smallest absolute Gasteiger partial charge is 0.252 e. The molecule has 1 saturated carbocycles. The maximum atomic E-state index is 2.76. The molecule has 2 aromatic heterocycles. The van der Waals surface area contributed by atoms with E-state index in [0.717, 1.165) is 0 Å². The van der Waals surface area contributed by atoms with Gasteiger partial charge in [0.25, 0.3) is 6.71 Å². The van der Waals surface area contributed by atoms with Gasteiger partial charge in [0.15, 0.2) is 0 Å². The number of thiophene rings is 2. The molecule has 0 saturated heterocycles. The summed E-state index contributed by atoms with van der Waals surface area (Å²) < 4.78 is 5.30. The van der Waals surface area contributed by atoms with Gasteiger partial charge in [-0.25, -0.2) is 0 Å². The van der Waals surface area contributed by atoms with Crippen LogP contribution >= 0.6 is 22.7 Å². The van der Waals surface area contributed by atoms with Crippen LogP contribution in [-0.4, -0.2) is 12.3 Å². The molecule has 2 unspecified atom stereocenters. The summed E-state index contributed by atoms with van der Waals surface area (Å²) in [4.78, 5) is 8.04. The second-order valence-corrected chi connectivity index (χ2v) is 23.4. The summed E-state index contributed by atoms with van der Waals surface area (Å²) in [5, 5.41) is 5.28. The van der Waals surface area contributed by atoms with Gasteiger partial charge in [0, 0.05) is 80.9 Å². The molecule has 326 valence electrons. The van der Waals surface area contributed by atoms with Gasteiger partial charge in [-0.1, -0.05) is 125 Å². The van der Waals surface area contributed by atoms with Crippen molar-refractivity contribution in [3.63, 3.8) is 0 Å². The first-order chi connectivity index (χ1) is 32.5. The molecule has 14 rings (SSSR count). The van der Waals surface area contributed by atoms with E-state index < -0.39 is 0 Å². The molecule has 0 N–H and O–H groups in total. The molecule has 1 fully saturated rings. The largest absolute Gasteiger partial charge is 0.334 e. The number of benzene rings is 8. The van der Waals surface area contributed by atoms with Crippen LogP contribution in [-0.2, 0) is 10.8 Å². The van der Waals surface area contributed by atoms with Crippen molar-refractivity contribution >= 4 is 132 Å². The fourth-order valence-corrected chi connectivity index (χ4v) is 15.4. The van der Waals surface area contributed by atoms with Gasteiger partial charge in [0.2, 0.25) is 0 Å².